The normalized spacial score (nSPS) is 15.3. The molecule has 1 aliphatic rings. The number of H-pyrrole nitrogens is 1. The Kier molecular flexibility index (Phi) is 8.91. The number of methoxy groups -OCH3 is 1. The minimum atomic E-state index is -0.0387. The van der Waals surface area contributed by atoms with Crippen molar-refractivity contribution in [2.75, 3.05) is 51.8 Å². The average molecular weight is 516 g/mol. The highest BCUT2D eigenvalue weighted by Gasteiger charge is 2.26. The second kappa shape index (κ2) is 12.3. The molecule has 0 saturated carbocycles. The van der Waals surface area contributed by atoms with E-state index < -0.39 is 0 Å². The third-order valence-corrected chi connectivity index (χ3v) is 7.37. The summed E-state index contributed by atoms with van der Waals surface area (Å²) in [5, 5.41) is 11.9. The topological polar surface area (TPSA) is 112 Å². The van der Waals surface area contributed by atoms with Crippen molar-refractivity contribution in [2.45, 2.75) is 16.7 Å². The first-order chi connectivity index (χ1) is 17.1. The summed E-state index contributed by atoms with van der Waals surface area (Å²) in [7, 11) is 3.36. The van der Waals surface area contributed by atoms with E-state index in [1.807, 2.05) is 30.3 Å². The molecule has 4 rings (SSSR count). The molecule has 1 unspecified atom stereocenters. The molecule has 3 aromatic rings. The van der Waals surface area contributed by atoms with Gasteiger partial charge in [0.2, 0.25) is 5.91 Å². The molecule has 1 amide bonds. The van der Waals surface area contributed by atoms with Gasteiger partial charge < -0.3 is 29.2 Å². The number of benzene rings is 1. The quantitative estimate of drug-likeness (QED) is 0.249. The van der Waals surface area contributed by atoms with E-state index in [9.17, 15) is 4.79 Å². The number of rotatable bonds is 12. The third kappa shape index (κ3) is 6.69. The van der Waals surface area contributed by atoms with Crippen LogP contribution >= 0.6 is 23.7 Å². The molecule has 0 saturated heterocycles. The van der Waals surface area contributed by atoms with Gasteiger partial charge in [0.1, 0.15) is 22.4 Å². The summed E-state index contributed by atoms with van der Waals surface area (Å²) in [6, 6.07) is 11.8. The summed E-state index contributed by atoms with van der Waals surface area (Å²) >= 11 is 3.03. The van der Waals surface area contributed by atoms with Gasteiger partial charge in [-0.05, 0) is 24.3 Å². The number of aromatic nitrogens is 2. The van der Waals surface area contributed by atoms with Gasteiger partial charge in [-0.1, -0.05) is 17.8 Å². The van der Waals surface area contributed by atoms with Crippen molar-refractivity contribution in [3.63, 3.8) is 0 Å². The number of aliphatic hydroxyl groups excluding tert-OH is 1. The molecule has 186 valence electrons. The first-order valence-electron chi connectivity index (χ1n) is 11.3. The lowest BCUT2D eigenvalue weighted by molar-refractivity contribution is -0.130. The lowest BCUT2D eigenvalue weighted by Gasteiger charge is -2.17. The van der Waals surface area contributed by atoms with Crippen LogP contribution in [0.1, 0.15) is 12.1 Å². The molecule has 35 heavy (non-hydrogen) atoms. The van der Waals surface area contributed by atoms with Crippen LogP contribution in [0, 0.1) is 0 Å². The Bertz CT molecular complexity index is 1170. The van der Waals surface area contributed by atoms with Gasteiger partial charge in [-0.15, -0.1) is 0 Å². The number of aliphatic imine (C=N–C) groups is 1. The van der Waals surface area contributed by atoms with Crippen molar-refractivity contribution < 1.29 is 19.4 Å². The predicted octanol–water partition coefficient (Wildman–Crippen LogP) is 3.41. The first-order valence-corrected chi connectivity index (χ1v) is 13.0. The Balaban J connectivity index is 1.51. The maximum absolute atomic E-state index is 12.4. The fourth-order valence-corrected chi connectivity index (χ4v) is 5.26. The number of likely N-dealkylation sites (N-methyl/N-ethyl adjacent to an activating group) is 1. The van der Waals surface area contributed by atoms with Crippen LogP contribution in [0.3, 0.4) is 0 Å². The van der Waals surface area contributed by atoms with Gasteiger partial charge in [-0.25, -0.2) is 4.98 Å². The van der Waals surface area contributed by atoms with Gasteiger partial charge in [0.05, 0.1) is 36.7 Å². The molecule has 0 aliphatic carbocycles. The lowest BCUT2D eigenvalue weighted by Crippen LogP contribution is -2.31. The summed E-state index contributed by atoms with van der Waals surface area (Å²) < 4.78 is 14.4. The van der Waals surface area contributed by atoms with Crippen molar-refractivity contribution in [1.29, 1.82) is 0 Å². The van der Waals surface area contributed by atoms with Crippen molar-refractivity contribution in [1.82, 2.24) is 14.9 Å². The minimum absolute atomic E-state index is 0.0144. The zero-order valence-electron chi connectivity index (χ0n) is 19.7. The molecule has 0 radical (unpaired) electrons. The van der Waals surface area contributed by atoms with Crippen LogP contribution in [0.15, 0.2) is 52.6 Å². The van der Waals surface area contributed by atoms with E-state index in [4.69, 9.17) is 19.6 Å². The molecule has 1 aromatic carbocycles. The maximum atomic E-state index is 12.4. The SMILES string of the molecule is COCCOc1cc(NSc2ccccn2)c2[nH]c(C3=NCC(CC(=O)N(C)CCO)S3)cc2c1. The van der Waals surface area contributed by atoms with Crippen LogP contribution in [0.2, 0.25) is 0 Å². The largest absolute Gasteiger partial charge is 0.491 e. The van der Waals surface area contributed by atoms with Crippen LogP contribution in [0.25, 0.3) is 10.9 Å². The number of ether oxygens (including phenoxy) is 2. The molecule has 3 N–H and O–H groups in total. The molecule has 3 heterocycles. The summed E-state index contributed by atoms with van der Waals surface area (Å²) in [6.07, 6.45) is 2.15. The maximum Gasteiger partial charge on any atom is 0.223 e. The van der Waals surface area contributed by atoms with Gasteiger partial charge in [-0.3, -0.25) is 9.79 Å². The van der Waals surface area contributed by atoms with E-state index in [-0.39, 0.29) is 17.8 Å². The van der Waals surface area contributed by atoms with Gasteiger partial charge in [0, 0.05) is 62.0 Å². The van der Waals surface area contributed by atoms with E-state index in [0.717, 1.165) is 38.1 Å². The minimum Gasteiger partial charge on any atom is -0.491 e. The number of carbonyl (C=O) groups is 1. The number of nitrogens with zero attached hydrogens (tertiary/aromatic N) is 3. The second-order valence-corrected chi connectivity index (χ2v) is 10.1. The first kappa shape index (κ1) is 25.4. The highest BCUT2D eigenvalue weighted by atomic mass is 32.2. The number of aliphatic hydroxyl groups is 1. The summed E-state index contributed by atoms with van der Waals surface area (Å²) in [5.41, 5.74) is 2.72. The summed E-state index contributed by atoms with van der Waals surface area (Å²) in [4.78, 5) is 26.5. The molecular formula is C24H29N5O4S2. The Morgan fingerprint density at radius 3 is 3.00 bits per heavy atom. The molecule has 1 aliphatic heterocycles. The molecule has 11 heteroatoms. The molecule has 1 atom stereocenters. The third-order valence-electron chi connectivity index (χ3n) is 5.37. The number of hydrogen-bond donors (Lipinski definition) is 3. The molecule has 0 fully saturated rings. The zero-order valence-corrected chi connectivity index (χ0v) is 21.3. The Labute approximate surface area is 212 Å². The van der Waals surface area contributed by atoms with E-state index in [0.29, 0.717) is 32.7 Å². The Morgan fingerprint density at radius 2 is 2.23 bits per heavy atom. The number of pyridine rings is 1. The van der Waals surface area contributed by atoms with E-state index in [2.05, 4.69) is 20.8 Å². The number of amides is 1. The zero-order chi connectivity index (χ0) is 24.6. The van der Waals surface area contributed by atoms with Crippen LogP contribution in [0.4, 0.5) is 5.69 Å². The number of nitrogens with one attached hydrogen (secondary N) is 2. The highest BCUT2D eigenvalue weighted by Crippen LogP contribution is 2.35. The molecular weight excluding hydrogens is 486 g/mol. The number of aromatic amines is 1. The Morgan fingerprint density at radius 1 is 1.34 bits per heavy atom. The van der Waals surface area contributed by atoms with Crippen LogP contribution in [-0.4, -0.2) is 83.2 Å². The molecule has 2 aromatic heterocycles. The van der Waals surface area contributed by atoms with Crippen molar-refractivity contribution in [2.24, 2.45) is 4.99 Å². The van der Waals surface area contributed by atoms with Gasteiger partial charge in [0.25, 0.3) is 0 Å². The standard InChI is InChI=1S/C24H29N5O4S2/c1-29(7-8-30)22(31)14-18-15-26-24(34-18)20-12-16-11-17(33-10-9-32-2)13-19(23(16)27-20)28-35-21-5-3-4-6-25-21/h3-6,11-13,18,27-28,30H,7-10,14-15H2,1-2H3. The summed E-state index contributed by atoms with van der Waals surface area (Å²) in [5.74, 6) is 0.751. The number of carbonyl (C=O) groups excluding carboxylic acids is 1. The smallest absolute Gasteiger partial charge is 0.223 e. The van der Waals surface area contributed by atoms with Gasteiger partial charge in [0.15, 0.2) is 0 Å². The van der Waals surface area contributed by atoms with E-state index >= 15 is 0 Å². The predicted molar refractivity (Wildman–Crippen MR) is 142 cm³/mol. The fraction of sp³-hybridized carbons (Fsp3) is 0.375. The van der Waals surface area contributed by atoms with E-state index in [1.165, 1.54) is 11.9 Å². The van der Waals surface area contributed by atoms with Gasteiger partial charge >= 0.3 is 0 Å². The highest BCUT2D eigenvalue weighted by molar-refractivity contribution is 8.15. The monoisotopic (exact) mass is 515 g/mol. The number of hydrogen-bond acceptors (Lipinski definition) is 9. The second-order valence-electron chi connectivity index (χ2n) is 7.96. The average Bonchev–Trinajstić information content (AvgIpc) is 3.50. The van der Waals surface area contributed by atoms with Crippen molar-refractivity contribution >= 4 is 51.3 Å². The Hall–Kier alpha value is -2.73. The van der Waals surface area contributed by atoms with Crippen molar-refractivity contribution in [3.05, 3.63) is 48.3 Å². The molecule has 0 bridgehead atoms. The van der Waals surface area contributed by atoms with Gasteiger partial charge in [-0.2, -0.15) is 0 Å². The van der Waals surface area contributed by atoms with Crippen LogP contribution < -0.4 is 9.46 Å². The molecule has 9 nitrogen and oxygen atoms in total. The number of fused-ring (bicyclic) bond motifs is 1. The van der Waals surface area contributed by atoms with Crippen LogP contribution in [-0.2, 0) is 9.53 Å². The number of anilines is 1. The number of thioether (sulfide) groups is 1. The summed E-state index contributed by atoms with van der Waals surface area (Å²) in [6.45, 7) is 1.84. The van der Waals surface area contributed by atoms with E-state index in [1.54, 1.807) is 37.0 Å². The molecule has 0 spiro atoms. The fourth-order valence-electron chi connectivity index (χ4n) is 3.55. The van der Waals surface area contributed by atoms with Crippen molar-refractivity contribution in [3.8, 4) is 5.75 Å². The lowest BCUT2D eigenvalue weighted by atomic mass is 10.2. The van der Waals surface area contributed by atoms with Crippen LogP contribution in [0.5, 0.6) is 5.75 Å².